The van der Waals surface area contributed by atoms with Gasteiger partial charge in [-0.2, -0.15) is 0 Å². The normalized spacial score (nSPS) is 11.3. The summed E-state index contributed by atoms with van der Waals surface area (Å²) < 4.78 is 0. The van der Waals surface area contributed by atoms with E-state index in [1.165, 1.54) is 61.3 Å². The molecule has 0 aliphatic carbocycles. The number of hydrogen-bond donors (Lipinski definition) is 0. The molecule has 0 N–H and O–H groups in total. The van der Waals surface area contributed by atoms with Crippen LogP contribution < -0.4 is 4.90 Å². The summed E-state index contributed by atoms with van der Waals surface area (Å²) in [6.07, 6.45) is 5.12. The van der Waals surface area contributed by atoms with Crippen LogP contribution >= 0.6 is 0 Å². The molecule has 0 aliphatic heterocycles. The van der Waals surface area contributed by atoms with Crippen LogP contribution in [0.25, 0.3) is 33.7 Å². The Hall–Kier alpha value is -4.90. The third-order valence-electron chi connectivity index (χ3n) is 9.06. The van der Waals surface area contributed by atoms with Crippen LogP contribution in [0, 0.1) is 55.4 Å². The third kappa shape index (κ3) is 4.85. The Bertz CT molecular complexity index is 1940. The molecule has 6 rings (SSSR count). The van der Waals surface area contributed by atoms with Gasteiger partial charge in [0.15, 0.2) is 11.3 Å². The number of fused-ring (bicyclic) bond motifs is 1. The van der Waals surface area contributed by atoms with Gasteiger partial charge in [-0.3, -0.25) is 0 Å². The average molecular weight is 564 g/mol. The summed E-state index contributed by atoms with van der Waals surface area (Å²) in [4.78, 5) is 20.5. The summed E-state index contributed by atoms with van der Waals surface area (Å²) >= 11 is 0. The third-order valence-corrected chi connectivity index (χ3v) is 9.06. The summed E-state index contributed by atoms with van der Waals surface area (Å²) in [6, 6.07) is 22.0. The lowest BCUT2D eigenvalue weighted by atomic mass is 9.88. The first-order valence-electron chi connectivity index (χ1n) is 14.7. The van der Waals surface area contributed by atoms with E-state index in [4.69, 9.17) is 4.98 Å². The highest BCUT2D eigenvalue weighted by atomic mass is 15.1. The van der Waals surface area contributed by atoms with Crippen molar-refractivity contribution in [2.45, 2.75) is 55.4 Å². The highest BCUT2D eigenvalue weighted by molar-refractivity contribution is 5.87. The van der Waals surface area contributed by atoms with Crippen LogP contribution in [-0.4, -0.2) is 19.9 Å². The molecule has 0 spiro atoms. The Kier molecular flexibility index (Phi) is 7.26. The minimum Gasteiger partial charge on any atom is -0.310 e. The summed E-state index contributed by atoms with van der Waals surface area (Å²) in [5.41, 5.74) is 19.1. The molecular formula is C38H37N5. The molecule has 2 aromatic heterocycles. The zero-order chi connectivity index (χ0) is 30.4. The monoisotopic (exact) mass is 563 g/mol. The summed E-state index contributed by atoms with van der Waals surface area (Å²) in [7, 11) is 0. The van der Waals surface area contributed by atoms with E-state index >= 15 is 0 Å². The number of aryl methyl sites for hydroxylation is 2. The van der Waals surface area contributed by atoms with Crippen molar-refractivity contribution >= 4 is 28.4 Å². The Morgan fingerprint density at radius 3 is 1.67 bits per heavy atom. The minimum absolute atomic E-state index is 0.552. The van der Waals surface area contributed by atoms with Crippen molar-refractivity contribution in [1.29, 1.82) is 0 Å². The van der Waals surface area contributed by atoms with Crippen molar-refractivity contribution in [2.75, 3.05) is 4.90 Å². The zero-order valence-electron chi connectivity index (χ0n) is 26.2. The molecule has 0 atom stereocenters. The van der Waals surface area contributed by atoms with E-state index in [0.29, 0.717) is 11.3 Å². The molecule has 6 aromatic rings. The fourth-order valence-corrected chi connectivity index (χ4v) is 6.30. The quantitative estimate of drug-likeness (QED) is 0.209. The number of aromatic nitrogens is 4. The minimum atomic E-state index is 0.552. The Labute approximate surface area is 254 Å². The molecule has 0 unspecified atom stereocenters. The van der Waals surface area contributed by atoms with Gasteiger partial charge in [0, 0.05) is 29.3 Å². The second kappa shape index (κ2) is 11.1. The molecule has 5 nitrogen and oxygen atoms in total. The lowest BCUT2D eigenvalue weighted by molar-refractivity contribution is 1.13. The van der Waals surface area contributed by atoms with Crippen molar-refractivity contribution in [2.24, 2.45) is 0 Å². The Morgan fingerprint density at radius 1 is 0.512 bits per heavy atom. The maximum Gasteiger partial charge on any atom is 0.198 e. The predicted molar refractivity (Wildman–Crippen MR) is 179 cm³/mol. The van der Waals surface area contributed by atoms with E-state index in [2.05, 4.69) is 136 Å². The van der Waals surface area contributed by atoms with Crippen molar-refractivity contribution in [3.63, 3.8) is 0 Å². The first kappa shape index (κ1) is 28.2. The number of anilines is 3. The Morgan fingerprint density at radius 2 is 1.07 bits per heavy atom. The van der Waals surface area contributed by atoms with Gasteiger partial charge in [-0.05, 0) is 135 Å². The molecule has 0 fully saturated rings. The van der Waals surface area contributed by atoms with Gasteiger partial charge in [-0.1, -0.05) is 36.4 Å². The van der Waals surface area contributed by atoms with Crippen LogP contribution in [0.1, 0.15) is 44.5 Å². The van der Waals surface area contributed by atoms with Gasteiger partial charge >= 0.3 is 0 Å². The number of para-hydroxylation sites is 1. The second-order valence-electron chi connectivity index (χ2n) is 11.5. The summed E-state index contributed by atoms with van der Waals surface area (Å²) in [5, 5.41) is 0. The fourth-order valence-electron chi connectivity index (χ4n) is 6.30. The standard InChI is InChI=1S/C38H37N5/c1-22-20-23(2)25(4)34(24(22)3)30-14-16-32(17-15-30)43(31-12-10-9-11-13-31)36-28(7)26(5)35(27(6)29(36)8)33-21-41-37-38(42-33)40-19-18-39-37/h9-21H,1-8H3. The van der Waals surface area contributed by atoms with E-state index in [9.17, 15) is 0 Å². The molecule has 5 heteroatoms. The van der Waals surface area contributed by atoms with Gasteiger partial charge in [0.05, 0.1) is 17.6 Å². The summed E-state index contributed by atoms with van der Waals surface area (Å²) in [6.45, 7) is 17.6. The predicted octanol–water partition coefficient (Wildman–Crippen LogP) is 9.69. The van der Waals surface area contributed by atoms with Crippen LogP contribution in [0.2, 0.25) is 0 Å². The van der Waals surface area contributed by atoms with Gasteiger partial charge < -0.3 is 4.90 Å². The topological polar surface area (TPSA) is 54.8 Å². The number of nitrogens with zero attached hydrogens (tertiary/aromatic N) is 5. The van der Waals surface area contributed by atoms with Crippen LogP contribution in [-0.2, 0) is 0 Å². The summed E-state index contributed by atoms with van der Waals surface area (Å²) in [5.74, 6) is 0. The maximum atomic E-state index is 4.86. The van der Waals surface area contributed by atoms with Crippen LogP contribution in [0.4, 0.5) is 17.1 Å². The van der Waals surface area contributed by atoms with Crippen LogP contribution in [0.3, 0.4) is 0 Å². The van der Waals surface area contributed by atoms with Gasteiger partial charge in [-0.15, -0.1) is 0 Å². The molecule has 0 aliphatic rings. The molecule has 214 valence electrons. The highest BCUT2D eigenvalue weighted by Crippen LogP contribution is 2.44. The molecule has 0 bridgehead atoms. The first-order chi connectivity index (χ1) is 20.7. The molecular weight excluding hydrogens is 526 g/mol. The van der Waals surface area contributed by atoms with Gasteiger partial charge in [-0.25, -0.2) is 19.9 Å². The van der Waals surface area contributed by atoms with E-state index in [-0.39, 0.29) is 0 Å². The largest absolute Gasteiger partial charge is 0.310 e. The van der Waals surface area contributed by atoms with Gasteiger partial charge in [0.2, 0.25) is 0 Å². The number of benzene rings is 4. The molecule has 2 heterocycles. The lowest BCUT2D eigenvalue weighted by Crippen LogP contribution is -2.15. The van der Waals surface area contributed by atoms with E-state index in [1.807, 2.05) is 6.20 Å². The van der Waals surface area contributed by atoms with Crippen molar-refractivity contribution in [3.8, 4) is 22.4 Å². The van der Waals surface area contributed by atoms with Crippen molar-refractivity contribution in [3.05, 3.63) is 124 Å². The number of hydrogen-bond acceptors (Lipinski definition) is 5. The maximum absolute atomic E-state index is 4.86. The highest BCUT2D eigenvalue weighted by Gasteiger charge is 2.24. The first-order valence-corrected chi connectivity index (χ1v) is 14.7. The van der Waals surface area contributed by atoms with E-state index in [0.717, 1.165) is 22.6 Å². The Balaban J connectivity index is 1.52. The smallest absolute Gasteiger partial charge is 0.198 e. The molecule has 0 radical (unpaired) electrons. The van der Waals surface area contributed by atoms with Crippen molar-refractivity contribution in [1.82, 2.24) is 19.9 Å². The second-order valence-corrected chi connectivity index (χ2v) is 11.5. The SMILES string of the molecule is Cc1cc(C)c(C)c(-c2ccc(N(c3ccccc3)c3c(C)c(C)c(-c4cnc5nccnc5n4)c(C)c3C)cc2)c1C. The molecule has 4 aromatic carbocycles. The zero-order valence-corrected chi connectivity index (χ0v) is 26.2. The molecule has 0 saturated heterocycles. The van der Waals surface area contributed by atoms with Crippen LogP contribution in [0.15, 0.2) is 79.3 Å². The number of rotatable bonds is 5. The molecule has 0 saturated carbocycles. The van der Waals surface area contributed by atoms with E-state index in [1.54, 1.807) is 12.4 Å². The van der Waals surface area contributed by atoms with Crippen molar-refractivity contribution < 1.29 is 0 Å². The van der Waals surface area contributed by atoms with Gasteiger partial charge in [0.25, 0.3) is 0 Å². The van der Waals surface area contributed by atoms with Crippen LogP contribution in [0.5, 0.6) is 0 Å². The van der Waals surface area contributed by atoms with Gasteiger partial charge in [0.1, 0.15) is 0 Å². The van der Waals surface area contributed by atoms with E-state index < -0.39 is 0 Å². The fraction of sp³-hybridized carbons (Fsp3) is 0.211. The molecule has 43 heavy (non-hydrogen) atoms. The lowest BCUT2D eigenvalue weighted by Gasteiger charge is -2.31. The average Bonchev–Trinajstić information content (AvgIpc) is 3.02. The molecule has 0 amide bonds.